The molecule has 3 aromatic heterocycles. The van der Waals surface area contributed by atoms with Crippen molar-refractivity contribution in [3.8, 4) is 0 Å². The average molecular weight is 681 g/mol. The van der Waals surface area contributed by atoms with Crippen molar-refractivity contribution in [3.63, 3.8) is 0 Å². The van der Waals surface area contributed by atoms with Crippen molar-refractivity contribution in [2.24, 2.45) is 34.0 Å². The minimum atomic E-state index is 0. The van der Waals surface area contributed by atoms with Crippen molar-refractivity contribution in [1.82, 2.24) is 19.9 Å². The molecule has 3 rings (SSSR count). The molecule has 0 atom stereocenters. The Morgan fingerprint density at radius 3 is 1.70 bits per heavy atom. The fourth-order valence-corrected chi connectivity index (χ4v) is 3.40. The molecule has 0 spiro atoms. The van der Waals surface area contributed by atoms with E-state index in [-0.39, 0.29) is 14.9 Å². The number of halogens is 1. The van der Waals surface area contributed by atoms with E-state index in [1.165, 1.54) is 11.4 Å². The summed E-state index contributed by atoms with van der Waals surface area (Å²) in [5.74, 6) is 3.62. The number of hydrogen-bond acceptors (Lipinski definition) is 9. The second-order valence-electron chi connectivity index (χ2n) is 11.5. The number of aromatic nitrogens is 4. The number of hydrogen-bond donors (Lipinski definition) is 0. The van der Waals surface area contributed by atoms with E-state index in [0.29, 0.717) is 35.3 Å². The molecular weight excluding hydrogens is 616 g/mol. The molecule has 0 saturated carbocycles. The fourth-order valence-electron chi connectivity index (χ4n) is 2.74. The molecule has 0 N–H and O–H groups in total. The van der Waals surface area contributed by atoms with E-state index in [4.69, 9.17) is 16.4 Å². The molecule has 10 heteroatoms. The molecule has 0 unspecified atom stereocenters. The number of rotatable bonds is 10. The lowest BCUT2D eigenvalue weighted by molar-refractivity contribution is 0.159. The van der Waals surface area contributed by atoms with Gasteiger partial charge in [0.05, 0.1) is 16.2 Å². The summed E-state index contributed by atoms with van der Waals surface area (Å²) in [5, 5.41) is 9.91. The van der Waals surface area contributed by atoms with Gasteiger partial charge in [-0.2, -0.15) is 0 Å². The van der Waals surface area contributed by atoms with Gasteiger partial charge in [-0.05, 0) is 55.6 Å². The molecule has 3 heterocycles. The quantitative estimate of drug-likeness (QED) is 0.156. The predicted molar refractivity (Wildman–Crippen MR) is 203 cm³/mol. The molecule has 0 aliphatic heterocycles. The molecule has 264 valence electrons. The highest BCUT2D eigenvalue weighted by Gasteiger charge is 2.00. The van der Waals surface area contributed by atoms with Crippen LogP contribution in [0.4, 0.5) is 0 Å². The summed E-state index contributed by atoms with van der Waals surface area (Å²) in [6.07, 6.45) is 10.8. The lowest BCUT2D eigenvalue weighted by Gasteiger charge is -2.01. The van der Waals surface area contributed by atoms with Crippen LogP contribution in [-0.2, 0) is 22.5 Å². The molecule has 3 aromatic rings. The summed E-state index contributed by atoms with van der Waals surface area (Å²) in [4.78, 5) is 25.6. The topological polar surface area (TPSA) is 94.7 Å². The zero-order valence-corrected chi connectivity index (χ0v) is 30.6. The molecule has 0 amide bonds. The van der Waals surface area contributed by atoms with Gasteiger partial charge in [-0.25, -0.2) is 15.0 Å². The molecule has 0 aliphatic rings. The van der Waals surface area contributed by atoms with Crippen LogP contribution < -0.4 is 0 Å². The Morgan fingerprint density at radius 1 is 0.783 bits per heavy atom. The maximum atomic E-state index is 5.59. The van der Waals surface area contributed by atoms with Crippen LogP contribution in [0.1, 0.15) is 114 Å². The standard InChI is InChI=1S/C9H13N.C7H9ClN2.C7H11NS.C6H13NO.C5H11NO.2CH4/c1-8(2)7-9-5-3-4-6-10-9;1-5(2)7-9-3-6(8)4-10-7;1-6(2)3-7-4-9-5-8-7;1-4-8-7-5-6(2)3;1-5(2)4-6-7-3;;/h3-6,8H,7H2,1-2H3;3-5H,1-2H3;4-6H,3H2,1-2H3;5-6H,4H2,1-3H3;4-5H,1-3H3;2*1H4. The summed E-state index contributed by atoms with van der Waals surface area (Å²) >= 11 is 7.26. The van der Waals surface area contributed by atoms with Gasteiger partial charge < -0.3 is 9.68 Å². The molecule has 0 aliphatic carbocycles. The van der Waals surface area contributed by atoms with Crippen LogP contribution in [0, 0.1) is 23.7 Å². The predicted octanol–water partition coefficient (Wildman–Crippen LogP) is 11.1. The van der Waals surface area contributed by atoms with Crippen molar-refractivity contribution in [2.45, 2.75) is 110 Å². The first-order valence-electron chi connectivity index (χ1n) is 15.3. The highest BCUT2D eigenvalue weighted by Crippen LogP contribution is 2.10. The van der Waals surface area contributed by atoms with Crippen LogP contribution in [-0.4, -0.2) is 46.1 Å². The van der Waals surface area contributed by atoms with Gasteiger partial charge in [0, 0.05) is 48.0 Å². The maximum Gasteiger partial charge on any atom is 0.130 e. The fraction of sp³-hybridized carbons (Fsp3) is 0.611. The summed E-state index contributed by atoms with van der Waals surface area (Å²) in [6.45, 7) is 23.7. The first kappa shape index (κ1) is 50.0. The summed E-state index contributed by atoms with van der Waals surface area (Å²) in [7, 11) is 1.54. The third-order valence-corrected chi connectivity index (χ3v) is 5.46. The summed E-state index contributed by atoms with van der Waals surface area (Å²) < 4.78 is 0. The van der Waals surface area contributed by atoms with Gasteiger partial charge in [-0.3, -0.25) is 4.98 Å². The van der Waals surface area contributed by atoms with Crippen molar-refractivity contribution in [1.29, 1.82) is 0 Å². The van der Waals surface area contributed by atoms with Gasteiger partial charge in [0.1, 0.15) is 19.5 Å². The summed E-state index contributed by atoms with van der Waals surface area (Å²) in [5.41, 5.74) is 4.31. The lowest BCUT2D eigenvalue weighted by atomic mass is 10.1. The molecule has 0 aromatic carbocycles. The first-order valence-corrected chi connectivity index (χ1v) is 16.6. The van der Waals surface area contributed by atoms with Crippen LogP contribution in [0.2, 0.25) is 5.02 Å². The lowest BCUT2D eigenvalue weighted by Crippen LogP contribution is -1.95. The molecular formula is C36H65ClN6O2S. The first-order chi connectivity index (χ1) is 20.8. The van der Waals surface area contributed by atoms with Crippen LogP contribution in [0.5, 0.6) is 0 Å². The van der Waals surface area contributed by atoms with E-state index >= 15 is 0 Å². The zero-order chi connectivity index (χ0) is 33.8. The van der Waals surface area contributed by atoms with Gasteiger partial charge in [0.25, 0.3) is 0 Å². The number of oxime groups is 2. The molecule has 0 radical (unpaired) electrons. The van der Waals surface area contributed by atoms with E-state index in [1.54, 1.807) is 43.3 Å². The highest BCUT2D eigenvalue weighted by molar-refractivity contribution is 7.07. The number of thiazole rings is 1. The minimum absolute atomic E-state index is 0. The van der Waals surface area contributed by atoms with Crippen molar-refractivity contribution in [3.05, 3.63) is 69.9 Å². The molecule has 0 fully saturated rings. The number of nitrogens with zero attached hydrogens (tertiary/aromatic N) is 6. The Bertz CT molecular complexity index is 1060. The second-order valence-corrected chi connectivity index (χ2v) is 12.7. The average Bonchev–Trinajstić information content (AvgIpc) is 3.46. The van der Waals surface area contributed by atoms with Gasteiger partial charge in [-0.15, -0.1) is 11.3 Å². The van der Waals surface area contributed by atoms with Gasteiger partial charge in [-0.1, -0.05) is 112 Å². The van der Waals surface area contributed by atoms with Crippen LogP contribution in [0.15, 0.2) is 58.0 Å². The summed E-state index contributed by atoms with van der Waals surface area (Å²) in [6, 6.07) is 6.05. The van der Waals surface area contributed by atoms with E-state index in [9.17, 15) is 0 Å². The van der Waals surface area contributed by atoms with Gasteiger partial charge in [0.2, 0.25) is 0 Å². The minimum Gasteiger partial charge on any atom is -0.399 e. The Hall–Kier alpha value is -2.91. The smallest absolute Gasteiger partial charge is 0.130 e. The largest absolute Gasteiger partial charge is 0.399 e. The van der Waals surface area contributed by atoms with Crippen molar-refractivity contribution >= 4 is 35.4 Å². The maximum absolute atomic E-state index is 5.59. The second kappa shape index (κ2) is 33.5. The van der Waals surface area contributed by atoms with E-state index in [1.807, 2.05) is 58.5 Å². The Morgan fingerprint density at radius 2 is 1.33 bits per heavy atom. The van der Waals surface area contributed by atoms with E-state index in [2.05, 4.69) is 88.1 Å². The van der Waals surface area contributed by atoms with Crippen molar-refractivity contribution in [2.75, 3.05) is 13.7 Å². The molecule has 8 nitrogen and oxygen atoms in total. The SMILES string of the molecule is C.C.CC(C)Cc1ccccn1.CC(C)Cc1cscn1.CC(C)c1ncc(Cl)cn1.CCON=CC(C)C.CON=CC(C)C. The third-order valence-electron chi connectivity index (χ3n) is 4.63. The van der Waals surface area contributed by atoms with Gasteiger partial charge in [0.15, 0.2) is 0 Å². The molecule has 46 heavy (non-hydrogen) atoms. The van der Waals surface area contributed by atoms with E-state index < -0.39 is 0 Å². The van der Waals surface area contributed by atoms with E-state index in [0.717, 1.165) is 24.6 Å². The van der Waals surface area contributed by atoms with Crippen LogP contribution in [0.25, 0.3) is 0 Å². The Labute approximate surface area is 291 Å². The molecule has 0 saturated heterocycles. The normalized spacial score (nSPS) is 10.1. The third kappa shape index (κ3) is 35.6. The Kier molecular flexibility index (Phi) is 36.3. The van der Waals surface area contributed by atoms with Crippen LogP contribution >= 0.6 is 22.9 Å². The van der Waals surface area contributed by atoms with Crippen molar-refractivity contribution < 1.29 is 9.68 Å². The van der Waals surface area contributed by atoms with Crippen LogP contribution in [0.3, 0.4) is 0 Å². The van der Waals surface area contributed by atoms with Gasteiger partial charge >= 0.3 is 0 Å². The Balaban J connectivity index is -0.000000239. The highest BCUT2D eigenvalue weighted by atomic mass is 35.5. The monoisotopic (exact) mass is 680 g/mol. The molecule has 0 bridgehead atoms. The number of pyridine rings is 1. The zero-order valence-electron chi connectivity index (χ0n) is 29.1.